The van der Waals surface area contributed by atoms with E-state index in [4.69, 9.17) is 9.72 Å². The monoisotopic (exact) mass is 543 g/mol. The van der Waals surface area contributed by atoms with E-state index in [1.54, 1.807) is 30.2 Å². The maximum Gasteiger partial charge on any atom is 0.343 e. The molecule has 0 amide bonds. The van der Waals surface area contributed by atoms with Gasteiger partial charge in [-0.25, -0.2) is 14.8 Å². The molecule has 0 bridgehead atoms. The third-order valence-corrected chi connectivity index (χ3v) is 11.8. The summed E-state index contributed by atoms with van der Waals surface area (Å²) in [7, 11) is -1.52. The summed E-state index contributed by atoms with van der Waals surface area (Å²) >= 11 is 0. The van der Waals surface area contributed by atoms with Crippen LogP contribution in [-0.2, 0) is 41.2 Å². The summed E-state index contributed by atoms with van der Waals surface area (Å²) in [6.45, 7) is 7.78. The Morgan fingerprint density at radius 3 is 2.74 bits per heavy atom. The lowest BCUT2D eigenvalue weighted by Crippen LogP contribution is -2.44. The number of cyclic esters (lactones) is 1. The molecule has 3 aromatic heterocycles. The lowest BCUT2D eigenvalue weighted by Gasteiger charge is -2.31. The van der Waals surface area contributed by atoms with Gasteiger partial charge in [-0.2, -0.15) is 5.10 Å². The Balaban J connectivity index is 1.37. The van der Waals surface area contributed by atoms with Gasteiger partial charge in [-0.15, -0.1) is 0 Å². The first-order valence-corrected chi connectivity index (χ1v) is 17.0. The van der Waals surface area contributed by atoms with Crippen LogP contribution in [0.3, 0.4) is 0 Å². The first-order chi connectivity index (χ1) is 18.7. The summed E-state index contributed by atoms with van der Waals surface area (Å²) in [6.07, 6.45) is 5.46. The molecule has 0 saturated carbocycles. The van der Waals surface area contributed by atoms with Crippen LogP contribution in [0.1, 0.15) is 42.0 Å². The molecule has 0 saturated heterocycles. The Hall–Kier alpha value is -3.63. The molecular formula is C29H33N5O4Si. The number of hydrogen-bond acceptors (Lipinski definition) is 7. The van der Waals surface area contributed by atoms with Crippen molar-refractivity contribution in [2.24, 2.45) is 0 Å². The molecule has 1 aromatic carbocycles. The van der Waals surface area contributed by atoms with Crippen LogP contribution in [0.4, 0.5) is 0 Å². The number of hydrogen-bond donors (Lipinski definition) is 1. The minimum Gasteiger partial charge on any atom is -0.458 e. The fourth-order valence-corrected chi connectivity index (χ4v) is 8.35. The number of ether oxygens (including phenoxy) is 1. The first kappa shape index (κ1) is 25.6. The second-order valence-electron chi connectivity index (χ2n) is 11.5. The summed E-state index contributed by atoms with van der Waals surface area (Å²) in [6, 6.07) is 12.3. The number of para-hydroxylation sites is 1. The van der Waals surface area contributed by atoms with E-state index >= 15 is 0 Å². The molecule has 0 radical (unpaired) electrons. The van der Waals surface area contributed by atoms with Gasteiger partial charge < -0.3 is 14.4 Å². The molecule has 1 N–H and O–H groups in total. The zero-order valence-electron chi connectivity index (χ0n) is 22.6. The number of nitrogens with zero attached hydrogens (tertiary/aromatic N) is 5. The summed E-state index contributed by atoms with van der Waals surface area (Å²) in [5.41, 5.74) is 3.27. The first-order valence-electron chi connectivity index (χ1n) is 13.6. The van der Waals surface area contributed by atoms with E-state index in [0.29, 0.717) is 23.4 Å². The molecule has 6 rings (SSSR count). The SMILES string of the molecule is CC[C@@]1(O)C(=O)OCc2c1cc1n(c2=O)Cc2c-1nc1ccccc1c2CC[Si](C)(C)CCCn1cncn1. The van der Waals surface area contributed by atoms with Gasteiger partial charge >= 0.3 is 5.97 Å². The predicted molar refractivity (Wildman–Crippen MR) is 150 cm³/mol. The second-order valence-corrected chi connectivity index (χ2v) is 16.8. The van der Waals surface area contributed by atoms with Crippen LogP contribution in [0.15, 0.2) is 47.8 Å². The summed E-state index contributed by atoms with van der Waals surface area (Å²) in [5, 5.41) is 16.5. The summed E-state index contributed by atoms with van der Waals surface area (Å²) in [4.78, 5) is 35.2. The van der Waals surface area contributed by atoms with Crippen molar-refractivity contribution in [2.75, 3.05) is 0 Å². The van der Waals surface area contributed by atoms with Crippen molar-refractivity contribution in [3.05, 3.63) is 75.6 Å². The molecule has 2 aliphatic heterocycles. The van der Waals surface area contributed by atoms with Crippen LogP contribution >= 0.6 is 0 Å². The summed E-state index contributed by atoms with van der Waals surface area (Å²) in [5.74, 6) is -0.705. The van der Waals surface area contributed by atoms with Gasteiger partial charge in [0.1, 0.15) is 19.3 Å². The van der Waals surface area contributed by atoms with Crippen molar-refractivity contribution in [2.45, 2.75) is 76.7 Å². The van der Waals surface area contributed by atoms with Gasteiger partial charge in [0.2, 0.25) is 0 Å². The standard InChI is InChI=1S/C29H33N5O4Si/c1-4-29(37)23-14-25-26-21(15-34(25)27(35)22(23)16-38-28(29)36)19(20-8-5-6-9-24(20)32-26)10-13-39(2,3)12-7-11-33-18-30-17-31-33/h5-6,8-9,14,17-18,37H,4,7,10-13,15-16H2,1-3H3/t29-/m0/s1. The van der Waals surface area contributed by atoms with Crippen molar-refractivity contribution < 1.29 is 14.6 Å². The van der Waals surface area contributed by atoms with Crippen LogP contribution in [0.2, 0.25) is 25.2 Å². The van der Waals surface area contributed by atoms with Crippen molar-refractivity contribution in [1.29, 1.82) is 0 Å². The highest BCUT2D eigenvalue weighted by molar-refractivity contribution is 6.77. The third-order valence-electron chi connectivity index (χ3n) is 8.47. The largest absolute Gasteiger partial charge is 0.458 e. The van der Waals surface area contributed by atoms with E-state index in [9.17, 15) is 14.7 Å². The van der Waals surface area contributed by atoms with E-state index < -0.39 is 19.6 Å². The van der Waals surface area contributed by atoms with Crippen molar-refractivity contribution in [3.8, 4) is 11.4 Å². The molecule has 1 atom stereocenters. The number of aromatic nitrogens is 5. The number of esters is 1. The Morgan fingerprint density at radius 1 is 1.15 bits per heavy atom. The number of carbonyl (C=O) groups excluding carboxylic acids is 1. The molecule has 9 nitrogen and oxygen atoms in total. The van der Waals surface area contributed by atoms with E-state index in [0.717, 1.165) is 47.6 Å². The Bertz CT molecular complexity index is 1650. The van der Waals surface area contributed by atoms with E-state index in [-0.39, 0.29) is 18.6 Å². The van der Waals surface area contributed by atoms with E-state index in [1.807, 2.05) is 22.9 Å². The highest BCUT2D eigenvalue weighted by Gasteiger charge is 2.45. The van der Waals surface area contributed by atoms with E-state index in [2.05, 4.69) is 29.2 Å². The summed E-state index contributed by atoms with van der Waals surface area (Å²) < 4.78 is 8.85. The zero-order chi connectivity index (χ0) is 27.4. The zero-order valence-corrected chi connectivity index (χ0v) is 23.6. The quantitative estimate of drug-likeness (QED) is 0.232. The number of rotatable bonds is 8. The van der Waals surface area contributed by atoms with E-state index in [1.165, 1.54) is 11.6 Å². The average Bonchev–Trinajstić information content (AvgIpc) is 3.57. The normalized spacial score (nSPS) is 18.1. The lowest BCUT2D eigenvalue weighted by molar-refractivity contribution is -0.172. The number of benzene rings is 1. The minimum absolute atomic E-state index is 0.122. The topological polar surface area (TPSA) is 112 Å². The Labute approximate surface area is 227 Å². The molecule has 10 heteroatoms. The minimum atomic E-state index is -1.83. The van der Waals surface area contributed by atoms with Gasteiger partial charge in [0.05, 0.1) is 29.0 Å². The molecule has 0 spiro atoms. The molecule has 0 fully saturated rings. The van der Waals surface area contributed by atoms with Crippen LogP contribution in [0, 0.1) is 0 Å². The number of carbonyl (C=O) groups is 1. The number of pyridine rings is 2. The van der Waals surface area contributed by atoms with Gasteiger partial charge in [-0.05, 0) is 37.0 Å². The van der Waals surface area contributed by atoms with Crippen molar-refractivity contribution in [3.63, 3.8) is 0 Å². The highest BCUT2D eigenvalue weighted by atomic mass is 28.3. The van der Waals surface area contributed by atoms with Gasteiger partial charge in [0.25, 0.3) is 5.56 Å². The maximum absolute atomic E-state index is 13.6. The number of fused-ring (bicyclic) bond motifs is 5. The van der Waals surface area contributed by atoms with Crippen molar-refractivity contribution >= 4 is 24.9 Å². The van der Waals surface area contributed by atoms with Gasteiger partial charge in [0.15, 0.2) is 5.60 Å². The Morgan fingerprint density at radius 2 is 1.97 bits per heavy atom. The van der Waals surface area contributed by atoms with Gasteiger partial charge in [-0.1, -0.05) is 50.3 Å². The van der Waals surface area contributed by atoms with Crippen LogP contribution in [0.25, 0.3) is 22.3 Å². The number of aryl methyl sites for hydroxylation is 2. The molecule has 202 valence electrons. The second kappa shape index (κ2) is 9.53. The Kier molecular flexibility index (Phi) is 6.26. The number of aliphatic hydroxyl groups is 1. The lowest BCUT2D eigenvalue weighted by atomic mass is 9.86. The molecule has 5 heterocycles. The third kappa shape index (κ3) is 4.31. The smallest absolute Gasteiger partial charge is 0.343 e. The van der Waals surface area contributed by atoms with Crippen LogP contribution < -0.4 is 5.56 Å². The molecule has 39 heavy (non-hydrogen) atoms. The molecule has 0 unspecified atom stereocenters. The van der Waals surface area contributed by atoms with Gasteiger partial charge in [-0.3, -0.25) is 9.48 Å². The van der Waals surface area contributed by atoms with Crippen LogP contribution in [0.5, 0.6) is 0 Å². The average molecular weight is 544 g/mol. The molecular weight excluding hydrogens is 510 g/mol. The maximum atomic E-state index is 13.6. The van der Waals surface area contributed by atoms with Gasteiger partial charge in [0, 0.05) is 31.1 Å². The molecule has 0 aliphatic carbocycles. The molecule has 2 aliphatic rings. The molecule has 4 aromatic rings. The predicted octanol–water partition coefficient (Wildman–Crippen LogP) is 4.01. The van der Waals surface area contributed by atoms with Crippen LogP contribution in [-0.4, -0.2) is 43.5 Å². The highest BCUT2D eigenvalue weighted by Crippen LogP contribution is 2.40. The fourth-order valence-electron chi connectivity index (χ4n) is 6.05. The van der Waals surface area contributed by atoms with Crippen molar-refractivity contribution in [1.82, 2.24) is 24.3 Å². The fraction of sp³-hybridized carbons (Fsp3) is 0.414.